The molecule has 0 amide bonds. The van der Waals surface area contributed by atoms with E-state index in [-0.39, 0.29) is 31.8 Å². The van der Waals surface area contributed by atoms with Crippen LogP contribution in [-0.2, 0) is 44.7 Å². The van der Waals surface area contributed by atoms with Crippen molar-refractivity contribution in [3.8, 4) is 0 Å². The van der Waals surface area contributed by atoms with Crippen LogP contribution in [0.3, 0.4) is 0 Å². The van der Waals surface area contributed by atoms with Crippen molar-refractivity contribution in [1.82, 2.24) is 0 Å². The van der Waals surface area contributed by atoms with Gasteiger partial charge in [-0.2, -0.15) is 0 Å². The monoisotopic (exact) mass is 432 g/mol. The Balaban J connectivity index is 2.36. The maximum Gasteiger partial charge on any atom is 0.331 e. The molecule has 0 aliphatic heterocycles. The first-order valence-corrected chi connectivity index (χ1v) is 9.83. The fourth-order valence-corrected chi connectivity index (χ4v) is 2.41. The zero-order valence-corrected chi connectivity index (χ0v) is 17.8. The molecule has 0 saturated heterocycles. The summed E-state index contributed by atoms with van der Waals surface area (Å²) >= 11 is 0. The summed E-state index contributed by atoms with van der Waals surface area (Å²) in [5.74, 6) is -2.07. The summed E-state index contributed by atoms with van der Waals surface area (Å²) in [6.07, 6.45) is 4.85. The molecule has 0 fully saturated rings. The molecule has 0 radical (unpaired) electrons. The van der Waals surface area contributed by atoms with Gasteiger partial charge in [0.1, 0.15) is 12.7 Å². The lowest BCUT2D eigenvalue weighted by Gasteiger charge is -2.16. The Kier molecular flexibility index (Phi) is 12.0. The van der Waals surface area contributed by atoms with Crippen molar-refractivity contribution in [3.05, 3.63) is 60.2 Å². The van der Waals surface area contributed by atoms with Crippen LogP contribution in [0.5, 0.6) is 0 Å². The molecule has 168 valence electrons. The van der Waals surface area contributed by atoms with Crippen LogP contribution in [0.25, 0.3) is 0 Å². The maximum atomic E-state index is 11.7. The Morgan fingerprint density at radius 2 is 1.45 bits per heavy atom. The van der Waals surface area contributed by atoms with E-state index in [0.717, 1.165) is 23.3 Å². The lowest BCUT2D eigenvalue weighted by atomic mass is 10.0. The lowest BCUT2D eigenvalue weighted by Crippen LogP contribution is -2.08. The highest BCUT2D eigenvalue weighted by atomic mass is 16.5. The minimum Gasteiger partial charge on any atom is -0.466 e. The van der Waals surface area contributed by atoms with Crippen molar-refractivity contribution in [2.75, 3.05) is 13.2 Å². The van der Waals surface area contributed by atoms with E-state index in [1.165, 1.54) is 13.8 Å². The molecule has 0 N–H and O–H groups in total. The van der Waals surface area contributed by atoms with Gasteiger partial charge in [0.05, 0.1) is 13.2 Å². The zero-order chi connectivity index (χ0) is 23.1. The number of unbranched alkanes of at least 4 members (excludes halogenated alkanes) is 1. The molecular formula is C23H28O8. The minimum absolute atomic E-state index is 0.0222. The van der Waals surface area contributed by atoms with Gasteiger partial charge in [-0.15, -0.1) is 6.58 Å². The fraction of sp³-hybridized carbons (Fsp3) is 0.391. The minimum atomic E-state index is -0.680. The van der Waals surface area contributed by atoms with Crippen molar-refractivity contribution in [2.24, 2.45) is 0 Å². The Bertz CT molecular complexity index is 779. The molecule has 0 aliphatic carbocycles. The van der Waals surface area contributed by atoms with Crippen molar-refractivity contribution in [3.63, 3.8) is 0 Å². The first-order valence-electron chi connectivity index (χ1n) is 9.83. The second kappa shape index (κ2) is 14.5. The molecule has 0 aliphatic rings. The van der Waals surface area contributed by atoms with Crippen molar-refractivity contribution in [1.29, 1.82) is 0 Å². The van der Waals surface area contributed by atoms with Crippen LogP contribution in [0.15, 0.2) is 49.1 Å². The molecule has 31 heavy (non-hydrogen) atoms. The van der Waals surface area contributed by atoms with E-state index >= 15 is 0 Å². The molecule has 1 aromatic rings. The second-order valence-electron chi connectivity index (χ2n) is 6.52. The van der Waals surface area contributed by atoms with Gasteiger partial charge in [0.15, 0.2) is 0 Å². The highest BCUT2D eigenvalue weighted by Gasteiger charge is 2.13. The molecule has 8 heteroatoms. The third kappa shape index (κ3) is 12.0. The molecule has 0 aromatic heterocycles. The van der Waals surface area contributed by atoms with Crippen molar-refractivity contribution >= 4 is 23.9 Å². The molecule has 1 atom stereocenters. The van der Waals surface area contributed by atoms with Crippen LogP contribution in [0, 0.1) is 0 Å². The van der Waals surface area contributed by atoms with Crippen LogP contribution < -0.4 is 0 Å². The van der Waals surface area contributed by atoms with Gasteiger partial charge >= 0.3 is 23.9 Å². The predicted octanol–water partition coefficient (Wildman–Crippen LogP) is 3.35. The number of hydrogen-bond acceptors (Lipinski definition) is 8. The zero-order valence-electron chi connectivity index (χ0n) is 17.8. The van der Waals surface area contributed by atoms with Crippen LogP contribution in [-0.4, -0.2) is 37.1 Å². The second-order valence-corrected chi connectivity index (χ2v) is 6.52. The van der Waals surface area contributed by atoms with E-state index < -0.39 is 18.0 Å². The first kappa shape index (κ1) is 25.6. The molecule has 8 nitrogen and oxygen atoms in total. The smallest absolute Gasteiger partial charge is 0.331 e. The topological polar surface area (TPSA) is 105 Å². The Morgan fingerprint density at radius 3 is 2.00 bits per heavy atom. The number of ether oxygens (including phenoxy) is 4. The van der Waals surface area contributed by atoms with Gasteiger partial charge in [-0.25, -0.2) is 9.59 Å². The summed E-state index contributed by atoms with van der Waals surface area (Å²) in [6, 6.07) is 7.09. The third-order valence-corrected chi connectivity index (χ3v) is 3.87. The largest absolute Gasteiger partial charge is 0.466 e. The number of hydrogen-bond donors (Lipinski definition) is 0. The van der Waals surface area contributed by atoms with Crippen LogP contribution in [0.4, 0.5) is 0 Å². The van der Waals surface area contributed by atoms with E-state index in [1.54, 1.807) is 30.3 Å². The van der Waals surface area contributed by atoms with E-state index in [1.807, 2.05) is 0 Å². The van der Waals surface area contributed by atoms with E-state index in [4.69, 9.17) is 18.9 Å². The summed E-state index contributed by atoms with van der Waals surface area (Å²) in [5.41, 5.74) is 1.54. The van der Waals surface area contributed by atoms with Crippen LogP contribution in [0.2, 0.25) is 0 Å². The van der Waals surface area contributed by atoms with Crippen molar-refractivity contribution in [2.45, 2.75) is 45.8 Å². The normalized spacial score (nSPS) is 11.4. The fourth-order valence-electron chi connectivity index (χ4n) is 2.41. The summed E-state index contributed by atoms with van der Waals surface area (Å²) < 4.78 is 20.0. The average Bonchev–Trinajstić information content (AvgIpc) is 2.72. The molecule has 0 bridgehead atoms. The molecule has 0 spiro atoms. The van der Waals surface area contributed by atoms with Gasteiger partial charge in [0, 0.05) is 32.4 Å². The molecule has 1 rings (SSSR count). The standard InChI is InChI=1S/C23H28O8/c1-4-7-21(31-18(3)25)20-10-8-19(9-11-20)16-30-23(27)13-12-22(26)29-15-6-5-14-28-17(2)24/h4,8-13,21H,1,5-7,14-16H2,2-3H3/b13-12-. The lowest BCUT2D eigenvalue weighted by molar-refractivity contribution is -0.146. The number of benzene rings is 1. The van der Waals surface area contributed by atoms with Gasteiger partial charge in [0.2, 0.25) is 0 Å². The summed E-state index contributed by atoms with van der Waals surface area (Å²) in [7, 11) is 0. The van der Waals surface area contributed by atoms with Gasteiger partial charge in [-0.1, -0.05) is 30.3 Å². The van der Waals surface area contributed by atoms with Crippen molar-refractivity contribution < 1.29 is 38.1 Å². The van der Waals surface area contributed by atoms with E-state index in [9.17, 15) is 19.2 Å². The van der Waals surface area contributed by atoms with Gasteiger partial charge in [-0.05, 0) is 24.0 Å². The third-order valence-electron chi connectivity index (χ3n) is 3.87. The number of rotatable bonds is 13. The summed E-state index contributed by atoms with van der Waals surface area (Å²) in [4.78, 5) is 45.1. The van der Waals surface area contributed by atoms with Gasteiger partial charge in [0.25, 0.3) is 0 Å². The quantitative estimate of drug-likeness (QED) is 0.154. The van der Waals surface area contributed by atoms with E-state index in [2.05, 4.69) is 6.58 Å². The van der Waals surface area contributed by atoms with Crippen LogP contribution in [0.1, 0.15) is 50.3 Å². The molecule has 1 unspecified atom stereocenters. The van der Waals surface area contributed by atoms with E-state index in [0.29, 0.717) is 19.3 Å². The summed E-state index contributed by atoms with van der Waals surface area (Å²) in [5, 5.41) is 0. The number of carbonyl (C=O) groups is 4. The molecular weight excluding hydrogens is 404 g/mol. The molecule has 0 heterocycles. The van der Waals surface area contributed by atoms with Gasteiger partial charge in [-0.3, -0.25) is 9.59 Å². The Labute approximate surface area is 181 Å². The Hall–Kier alpha value is -3.42. The van der Waals surface area contributed by atoms with Gasteiger partial charge < -0.3 is 18.9 Å². The number of esters is 4. The molecule has 0 saturated carbocycles. The maximum absolute atomic E-state index is 11.7. The predicted molar refractivity (Wildman–Crippen MR) is 112 cm³/mol. The highest BCUT2D eigenvalue weighted by molar-refractivity contribution is 5.91. The SMILES string of the molecule is C=CCC(OC(C)=O)c1ccc(COC(=O)/C=C\C(=O)OCCCCOC(C)=O)cc1. The Morgan fingerprint density at radius 1 is 0.871 bits per heavy atom. The molecule has 1 aromatic carbocycles. The first-order chi connectivity index (χ1) is 14.8. The summed E-state index contributed by atoms with van der Waals surface area (Å²) in [6.45, 7) is 6.78. The average molecular weight is 432 g/mol. The highest BCUT2D eigenvalue weighted by Crippen LogP contribution is 2.22. The number of carbonyl (C=O) groups excluding carboxylic acids is 4. The van der Waals surface area contributed by atoms with Crippen LogP contribution >= 0.6 is 0 Å².